The van der Waals surface area contributed by atoms with E-state index in [1.807, 2.05) is 6.92 Å². The number of hydrogen-bond donors (Lipinski definition) is 1. The monoisotopic (exact) mass is 568 g/mol. The fraction of sp³-hybridized carbons (Fsp3) is 0.926. The number of rotatable bonds is 32. The van der Waals surface area contributed by atoms with E-state index in [2.05, 4.69) is 6.92 Å². The Morgan fingerprint density at radius 1 is 0.538 bits per heavy atom. The number of carbonyl (C=O) groups excluding carboxylic acids is 1. The van der Waals surface area contributed by atoms with Gasteiger partial charge in [0.1, 0.15) is 6.61 Å². The number of hydrogen-bond acceptors (Lipinski definition) is 11. The molecule has 0 aliphatic rings. The third kappa shape index (κ3) is 29.4. The van der Waals surface area contributed by atoms with Crippen molar-refractivity contribution in [3.8, 4) is 0 Å². The molecule has 0 bridgehead atoms. The van der Waals surface area contributed by atoms with Crippen molar-refractivity contribution in [3.05, 3.63) is 0 Å². The average Bonchev–Trinajstić information content (AvgIpc) is 2.92. The summed E-state index contributed by atoms with van der Waals surface area (Å²) in [6.07, 6.45) is 3.82. The zero-order valence-corrected chi connectivity index (χ0v) is 24.1. The van der Waals surface area contributed by atoms with Gasteiger partial charge in [-0.25, -0.2) is 0 Å². The summed E-state index contributed by atoms with van der Waals surface area (Å²) >= 11 is 0. The second kappa shape index (κ2) is 31.2. The van der Waals surface area contributed by atoms with Gasteiger partial charge in [-0.15, -0.1) is 0 Å². The lowest BCUT2D eigenvalue weighted by Crippen LogP contribution is -2.20. The van der Waals surface area contributed by atoms with Crippen molar-refractivity contribution in [2.24, 2.45) is 5.92 Å². The molecule has 0 saturated heterocycles. The van der Waals surface area contributed by atoms with Crippen LogP contribution >= 0.6 is 0 Å². The van der Waals surface area contributed by atoms with E-state index in [1.165, 1.54) is 0 Å². The Bertz CT molecular complexity index is 535. The van der Waals surface area contributed by atoms with E-state index in [0.29, 0.717) is 99.1 Å². The summed E-state index contributed by atoms with van der Waals surface area (Å²) in [4.78, 5) is 22.3. The van der Waals surface area contributed by atoms with Crippen LogP contribution in [-0.2, 0) is 52.2 Å². The minimum absolute atomic E-state index is 0.00248. The van der Waals surface area contributed by atoms with Crippen LogP contribution in [0.3, 0.4) is 0 Å². The number of carbonyl (C=O) groups is 2. The van der Waals surface area contributed by atoms with Gasteiger partial charge in [0.2, 0.25) is 0 Å². The molecule has 0 aromatic rings. The Morgan fingerprint density at radius 3 is 1.18 bits per heavy atom. The minimum atomic E-state index is -0.875. The molecule has 0 spiro atoms. The lowest BCUT2D eigenvalue weighted by molar-refractivity contribution is -0.150. The normalized spacial score (nSPS) is 12.1. The van der Waals surface area contributed by atoms with Crippen molar-refractivity contribution in [2.75, 3.05) is 112 Å². The van der Waals surface area contributed by atoms with Gasteiger partial charge in [-0.1, -0.05) is 26.7 Å². The Morgan fingerprint density at radius 2 is 0.872 bits per heavy atom. The molecule has 0 fully saturated rings. The smallest absolute Gasteiger partial charge is 0.308 e. The highest BCUT2D eigenvalue weighted by molar-refractivity contribution is 5.72. The molecule has 1 atom stereocenters. The maximum Gasteiger partial charge on any atom is 0.308 e. The first-order chi connectivity index (χ1) is 19.1. The molecule has 0 saturated carbocycles. The van der Waals surface area contributed by atoms with Gasteiger partial charge in [0.05, 0.1) is 118 Å². The highest BCUT2D eigenvalue weighted by Crippen LogP contribution is 2.14. The van der Waals surface area contributed by atoms with Crippen LogP contribution in [0.2, 0.25) is 0 Å². The van der Waals surface area contributed by atoms with Crippen LogP contribution in [-0.4, -0.2) is 129 Å². The average molecular weight is 569 g/mol. The van der Waals surface area contributed by atoms with Crippen molar-refractivity contribution < 1.29 is 57.3 Å². The third-order valence-corrected chi connectivity index (χ3v) is 5.27. The van der Waals surface area contributed by atoms with Crippen LogP contribution in [0, 0.1) is 5.92 Å². The number of esters is 1. The van der Waals surface area contributed by atoms with E-state index in [0.717, 1.165) is 25.7 Å². The zero-order valence-electron chi connectivity index (χ0n) is 24.1. The van der Waals surface area contributed by atoms with Crippen LogP contribution in [0.25, 0.3) is 0 Å². The third-order valence-electron chi connectivity index (χ3n) is 5.27. The summed E-state index contributed by atoms with van der Waals surface area (Å²) in [7, 11) is 0. The molecule has 0 radical (unpaired) electrons. The molecular weight excluding hydrogens is 516 g/mol. The Kier molecular flexibility index (Phi) is 30.0. The largest absolute Gasteiger partial charge is 0.481 e. The summed E-state index contributed by atoms with van der Waals surface area (Å²) < 4.78 is 48.2. The van der Waals surface area contributed by atoms with E-state index >= 15 is 0 Å². The topological polar surface area (TPSA) is 137 Å². The molecule has 39 heavy (non-hydrogen) atoms. The molecule has 0 aliphatic carbocycles. The summed E-state index contributed by atoms with van der Waals surface area (Å²) in [5.41, 5.74) is 0. The first-order valence-electron chi connectivity index (χ1n) is 14.1. The van der Waals surface area contributed by atoms with Gasteiger partial charge >= 0.3 is 11.9 Å². The first-order valence-corrected chi connectivity index (χ1v) is 14.1. The van der Waals surface area contributed by atoms with Crippen molar-refractivity contribution in [1.82, 2.24) is 0 Å². The van der Waals surface area contributed by atoms with E-state index in [1.54, 1.807) is 0 Å². The van der Waals surface area contributed by atoms with Crippen LogP contribution in [0.15, 0.2) is 0 Å². The molecule has 0 aromatic carbocycles. The highest BCUT2D eigenvalue weighted by atomic mass is 16.6. The molecule has 12 nitrogen and oxygen atoms in total. The second-order valence-corrected chi connectivity index (χ2v) is 8.46. The number of unbranched alkanes of at least 4 members (excludes halogenated alkanes) is 1. The van der Waals surface area contributed by atoms with E-state index in [4.69, 9.17) is 47.7 Å². The van der Waals surface area contributed by atoms with Crippen molar-refractivity contribution in [3.63, 3.8) is 0 Å². The molecule has 0 heterocycles. The van der Waals surface area contributed by atoms with Gasteiger partial charge in [-0.2, -0.15) is 0 Å². The van der Waals surface area contributed by atoms with E-state index in [-0.39, 0.29) is 31.5 Å². The Hall–Kier alpha value is -1.38. The van der Waals surface area contributed by atoms with E-state index in [9.17, 15) is 9.59 Å². The summed E-state index contributed by atoms with van der Waals surface area (Å²) in [5, 5.41) is 8.47. The number of carboxylic acids is 1. The molecular formula is C27H52O12. The summed E-state index contributed by atoms with van der Waals surface area (Å²) in [5.74, 6) is -1.01. The highest BCUT2D eigenvalue weighted by Gasteiger charge is 2.16. The summed E-state index contributed by atoms with van der Waals surface area (Å²) in [6.45, 7) is 11.4. The number of carboxylic acid groups (broad SMARTS) is 1. The van der Waals surface area contributed by atoms with Crippen LogP contribution < -0.4 is 0 Å². The SMILES string of the molecule is CCCCC(CC)C(=O)OCCOCCOCCOCCOCCOCCOCCOCCOCCC(=O)O. The Labute approximate surface area is 233 Å². The molecule has 0 rings (SSSR count). The number of aliphatic carboxylic acids is 1. The maximum absolute atomic E-state index is 12.0. The van der Waals surface area contributed by atoms with Gasteiger partial charge in [-0.05, 0) is 12.8 Å². The zero-order chi connectivity index (χ0) is 28.7. The predicted molar refractivity (Wildman–Crippen MR) is 143 cm³/mol. The van der Waals surface area contributed by atoms with Crippen LogP contribution in [0.4, 0.5) is 0 Å². The van der Waals surface area contributed by atoms with Crippen molar-refractivity contribution >= 4 is 11.9 Å². The quantitative estimate of drug-likeness (QED) is 0.0942. The maximum atomic E-state index is 12.0. The first kappa shape index (κ1) is 37.6. The van der Waals surface area contributed by atoms with Gasteiger partial charge in [0.15, 0.2) is 0 Å². The van der Waals surface area contributed by atoms with Gasteiger partial charge in [-0.3, -0.25) is 9.59 Å². The molecule has 1 unspecified atom stereocenters. The second-order valence-electron chi connectivity index (χ2n) is 8.46. The molecule has 0 amide bonds. The predicted octanol–water partition coefficient (Wildman–Crippen LogP) is 2.35. The minimum Gasteiger partial charge on any atom is -0.481 e. The lowest BCUT2D eigenvalue weighted by Gasteiger charge is -2.13. The van der Waals surface area contributed by atoms with Crippen molar-refractivity contribution in [1.29, 1.82) is 0 Å². The number of ether oxygens (including phenoxy) is 9. The van der Waals surface area contributed by atoms with Crippen molar-refractivity contribution in [2.45, 2.75) is 46.0 Å². The van der Waals surface area contributed by atoms with Gasteiger partial charge in [0.25, 0.3) is 0 Å². The van der Waals surface area contributed by atoms with Crippen LogP contribution in [0.5, 0.6) is 0 Å². The van der Waals surface area contributed by atoms with Gasteiger partial charge in [0, 0.05) is 0 Å². The summed E-state index contributed by atoms with van der Waals surface area (Å²) in [6, 6.07) is 0. The van der Waals surface area contributed by atoms with Crippen LogP contribution in [0.1, 0.15) is 46.0 Å². The molecule has 232 valence electrons. The fourth-order valence-electron chi connectivity index (χ4n) is 3.06. The standard InChI is InChI=1S/C27H52O12/c1-3-5-6-25(4-2)27(30)39-24-23-38-22-21-37-20-19-36-18-17-35-16-15-34-14-13-33-12-11-32-10-9-31-8-7-26(28)29/h25H,3-24H2,1-2H3,(H,28,29). The molecule has 1 N–H and O–H groups in total. The fourth-order valence-corrected chi connectivity index (χ4v) is 3.06. The molecule has 0 aromatic heterocycles. The molecule has 12 heteroatoms. The van der Waals surface area contributed by atoms with E-state index < -0.39 is 5.97 Å². The Balaban J connectivity index is 3.17. The molecule has 0 aliphatic heterocycles. The lowest BCUT2D eigenvalue weighted by atomic mass is 10.00. The van der Waals surface area contributed by atoms with Gasteiger partial charge < -0.3 is 47.7 Å².